The van der Waals surface area contributed by atoms with Gasteiger partial charge in [0.05, 0.1) is 5.54 Å². The van der Waals surface area contributed by atoms with Gasteiger partial charge < -0.3 is 16.4 Å². The second kappa shape index (κ2) is 5.92. The van der Waals surface area contributed by atoms with Crippen molar-refractivity contribution in [2.24, 2.45) is 5.73 Å². The van der Waals surface area contributed by atoms with Gasteiger partial charge in [-0.2, -0.15) is 13.2 Å². The van der Waals surface area contributed by atoms with Gasteiger partial charge in [0.2, 0.25) is 0 Å². The van der Waals surface area contributed by atoms with E-state index in [1.807, 2.05) is 0 Å². The smallest absolute Gasteiger partial charge is 0.329 e. The molecule has 4 N–H and O–H groups in total. The van der Waals surface area contributed by atoms with Crippen LogP contribution in [-0.2, 0) is 5.54 Å². The number of hydrogen-bond donors (Lipinski definition) is 3. The van der Waals surface area contributed by atoms with E-state index in [-0.39, 0.29) is 6.54 Å². The highest BCUT2D eigenvalue weighted by atomic mass is 19.4. The van der Waals surface area contributed by atoms with Crippen LogP contribution in [0.4, 0.5) is 18.0 Å². The van der Waals surface area contributed by atoms with Crippen molar-refractivity contribution in [3.05, 3.63) is 35.9 Å². The number of benzene rings is 1. The Morgan fingerprint density at radius 3 is 2.32 bits per heavy atom. The van der Waals surface area contributed by atoms with Crippen LogP contribution in [-0.4, -0.2) is 25.3 Å². The lowest BCUT2D eigenvalue weighted by atomic mass is 9.92. The number of carbonyl (C=O) groups excluding carboxylic acids is 1. The topological polar surface area (TPSA) is 67.1 Å². The minimum atomic E-state index is -4.44. The SMILES string of the molecule is CC(CN)(NC(=O)NCC(F)(F)F)c1ccccc1. The van der Waals surface area contributed by atoms with Gasteiger partial charge in [0.1, 0.15) is 6.54 Å². The average Bonchev–Trinajstić information content (AvgIpc) is 2.36. The van der Waals surface area contributed by atoms with Crippen LogP contribution < -0.4 is 16.4 Å². The molecule has 1 unspecified atom stereocenters. The van der Waals surface area contributed by atoms with E-state index in [9.17, 15) is 18.0 Å². The molecule has 0 aliphatic rings. The van der Waals surface area contributed by atoms with Crippen LogP contribution in [0.25, 0.3) is 0 Å². The van der Waals surface area contributed by atoms with Crippen molar-refractivity contribution < 1.29 is 18.0 Å². The lowest BCUT2D eigenvalue weighted by Gasteiger charge is -2.30. The first-order valence-electron chi connectivity index (χ1n) is 5.65. The summed E-state index contributed by atoms with van der Waals surface area (Å²) in [6.45, 7) is 0.334. The third-order valence-corrected chi connectivity index (χ3v) is 2.66. The van der Waals surface area contributed by atoms with Crippen molar-refractivity contribution >= 4 is 6.03 Å². The first-order chi connectivity index (χ1) is 8.77. The highest BCUT2D eigenvalue weighted by Gasteiger charge is 2.30. The number of hydrogen-bond acceptors (Lipinski definition) is 2. The minimum Gasteiger partial charge on any atom is -0.329 e. The van der Waals surface area contributed by atoms with Gasteiger partial charge in [0.15, 0.2) is 0 Å². The molecule has 19 heavy (non-hydrogen) atoms. The number of urea groups is 1. The number of alkyl halides is 3. The summed E-state index contributed by atoms with van der Waals surface area (Å²) in [4.78, 5) is 11.5. The number of halogens is 3. The van der Waals surface area contributed by atoms with Gasteiger partial charge in [0.25, 0.3) is 0 Å². The Morgan fingerprint density at radius 1 is 1.26 bits per heavy atom. The quantitative estimate of drug-likeness (QED) is 0.783. The summed E-state index contributed by atoms with van der Waals surface area (Å²) in [6, 6.07) is 7.91. The van der Waals surface area contributed by atoms with Gasteiger partial charge in [0, 0.05) is 6.54 Å². The molecule has 1 aromatic rings. The zero-order valence-corrected chi connectivity index (χ0v) is 10.4. The first-order valence-corrected chi connectivity index (χ1v) is 5.65. The Hall–Kier alpha value is -1.76. The van der Waals surface area contributed by atoms with Crippen LogP contribution in [0.3, 0.4) is 0 Å². The molecule has 0 heterocycles. The molecule has 0 spiro atoms. The maximum Gasteiger partial charge on any atom is 0.405 e. The van der Waals surface area contributed by atoms with Crippen molar-refractivity contribution in [1.29, 1.82) is 0 Å². The Bertz CT molecular complexity index is 422. The number of carbonyl (C=O) groups is 1. The van der Waals surface area contributed by atoms with E-state index in [1.54, 1.807) is 42.6 Å². The van der Waals surface area contributed by atoms with Crippen molar-refractivity contribution in [3.8, 4) is 0 Å². The van der Waals surface area contributed by atoms with Gasteiger partial charge in [-0.1, -0.05) is 30.3 Å². The van der Waals surface area contributed by atoms with Crippen molar-refractivity contribution in [3.63, 3.8) is 0 Å². The molecule has 0 aliphatic heterocycles. The molecule has 0 radical (unpaired) electrons. The summed E-state index contributed by atoms with van der Waals surface area (Å²) in [5.41, 5.74) is 5.41. The Balaban J connectivity index is 2.69. The molecular formula is C12H16F3N3O. The van der Waals surface area contributed by atoms with Gasteiger partial charge in [-0.15, -0.1) is 0 Å². The fraction of sp³-hybridized carbons (Fsp3) is 0.417. The third-order valence-electron chi connectivity index (χ3n) is 2.66. The predicted octanol–water partition coefficient (Wildman–Crippen LogP) is 1.72. The fourth-order valence-electron chi connectivity index (χ4n) is 1.52. The van der Waals surface area contributed by atoms with E-state index in [2.05, 4.69) is 5.32 Å². The van der Waals surface area contributed by atoms with Crippen molar-refractivity contribution in [1.82, 2.24) is 10.6 Å². The van der Waals surface area contributed by atoms with E-state index < -0.39 is 24.3 Å². The zero-order chi connectivity index (χ0) is 14.5. The zero-order valence-electron chi connectivity index (χ0n) is 10.4. The Kier molecular flexibility index (Phi) is 4.77. The second-order valence-corrected chi connectivity index (χ2v) is 4.33. The maximum atomic E-state index is 12.0. The van der Waals surface area contributed by atoms with Crippen LogP contribution in [0, 0.1) is 0 Å². The van der Waals surface area contributed by atoms with Crippen LogP contribution in [0.1, 0.15) is 12.5 Å². The molecule has 1 aromatic carbocycles. The molecule has 0 saturated carbocycles. The molecule has 1 rings (SSSR count). The number of rotatable bonds is 4. The van der Waals surface area contributed by atoms with Gasteiger partial charge in [-0.3, -0.25) is 0 Å². The summed E-state index contributed by atoms with van der Waals surface area (Å²) in [6.07, 6.45) is -4.44. The highest BCUT2D eigenvalue weighted by Crippen LogP contribution is 2.19. The van der Waals surface area contributed by atoms with Gasteiger partial charge >= 0.3 is 12.2 Å². The van der Waals surface area contributed by atoms with Crippen LogP contribution >= 0.6 is 0 Å². The number of nitrogens with one attached hydrogen (secondary N) is 2. The number of nitrogens with two attached hydrogens (primary N) is 1. The summed E-state index contributed by atoms with van der Waals surface area (Å²) >= 11 is 0. The van der Waals surface area contributed by atoms with Crippen LogP contribution in [0.15, 0.2) is 30.3 Å². The molecule has 7 heteroatoms. The standard InChI is InChI=1S/C12H16F3N3O/c1-11(7-16,9-5-3-2-4-6-9)18-10(19)17-8-12(13,14)15/h2-6H,7-8,16H2,1H3,(H2,17,18,19). The van der Waals surface area contributed by atoms with Gasteiger partial charge in [-0.05, 0) is 12.5 Å². The van der Waals surface area contributed by atoms with Crippen LogP contribution in [0.5, 0.6) is 0 Å². The van der Waals surface area contributed by atoms with Crippen LogP contribution in [0.2, 0.25) is 0 Å². The van der Waals surface area contributed by atoms with E-state index >= 15 is 0 Å². The molecule has 2 amide bonds. The Labute approximate surface area is 109 Å². The molecule has 106 valence electrons. The lowest BCUT2D eigenvalue weighted by Crippen LogP contribution is -2.53. The molecule has 0 fully saturated rings. The summed E-state index contributed by atoms with van der Waals surface area (Å²) < 4.78 is 36.0. The van der Waals surface area contributed by atoms with E-state index in [0.29, 0.717) is 0 Å². The molecule has 0 saturated heterocycles. The first kappa shape index (κ1) is 15.3. The average molecular weight is 275 g/mol. The van der Waals surface area contributed by atoms with E-state index in [1.165, 1.54) is 0 Å². The van der Waals surface area contributed by atoms with E-state index in [4.69, 9.17) is 5.73 Å². The molecular weight excluding hydrogens is 259 g/mol. The summed E-state index contributed by atoms with van der Waals surface area (Å²) in [5, 5.41) is 4.21. The Morgan fingerprint density at radius 2 is 1.84 bits per heavy atom. The largest absolute Gasteiger partial charge is 0.405 e. The lowest BCUT2D eigenvalue weighted by molar-refractivity contribution is -0.122. The molecule has 1 atom stereocenters. The third kappa shape index (κ3) is 4.78. The fourth-order valence-corrected chi connectivity index (χ4v) is 1.52. The van der Waals surface area contributed by atoms with Gasteiger partial charge in [-0.25, -0.2) is 4.79 Å². The highest BCUT2D eigenvalue weighted by molar-refractivity contribution is 5.75. The number of amides is 2. The maximum absolute atomic E-state index is 12.0. The second-order valence-electron chi connectivity index (χ2n) is 4.33. The van der Waals surface area contributed by atoms with Crippen molar-refractivity contribution in [2.45, 2.75) is 18.6 Å². The summed E-state index contributed by atoms with van der Waals surface area (Å²) in [5.74, 6) is 0. The van der Waals surface area contributed by atoms with E-state index in [0.717, 1.165) is 5.56 Å². The molecule has 0 aromatic heterocycles. The minimum absolute atomic E-state index is 0.0659. The molecule has 4 nitrogen and oxygen atoms in total. The monoisotopic (exact) mass is 275 g/mol. The predicted molar refractivity (Wildman–Crippen MR) is 65.4 cm³/mol. The van der Waals surface area contributed by atoms with Crippen molar-refractivity contribution in [2.75, 3.05) is 13.1 Å². The molecule has 0 aliphatic carbocycles. The molecule has 0 bridgehead atoms. The normalized spacial score (nSPS) is 14.6. The summed E-state index contributed by atoms with van der Waals surface area (Å²) in [7, 11) is 0.